The maximum absolute atomic E-state index is 4.44. The minimum absolute atomic E-state index is 0.911. The standard InChI is InChI=1S/C16H22N4S2/c1-11-7-14(10-22-16-19-5-6-20-16)12(2)8-13(11)9-21-15-17-3-4-18-15/h7-8H,3-6,9-10H2,1-2H3,(H,17,18)(H,19,20). The second kappa shape index (κ2) is 7.42. The topological polar surface area (TPSA) is 48.8 Å². The average molecular weight is 335 g/mol. The van der Waals surface area contributed by atoms with Crippen molar-refractivity contribution in [1.29, 1.82) is 0 Å². The number of hydrogen-bond acceptors (Lipinski definition) is 6. The summed E-state index contributed by atoms with van der Waals surface area (Å²) in [7, 11) is 0. The maximum Gasteiger partial charge on any atom is 0.157 e. The Balaban J connectivity index is 1.62. The Morgan fingerprint density at radius 3 is 1.68 bits per heavy atom. The van der Waals surface area contributed by atoms with Crippen molar-refractivity contribution in [3.05, 3.63) is 34.4 Å². The second-order valence-corrected chi connectivity index (χ2v) is 7.44. The molecule has 2 aliphatic rings. The molecule has 2 aliphatic heterocycles. The van der Waals surface area contributed by atoms with Gasteiger partial charge in [-0.05, 0) is 36.1 Å². The van der Waals surface area contributed by atoms with Crippen LogP contribution in [0.3, 0.4) is 0 Å². The van der Waals surface area contributed by atoms with Crippen molar-refractivity contribution in [3.63, 3.8) is 0 Å². The molecule has 3 rings (SSSR count). The summed E-state index contributed by atoms with van der Waals surface area (Å²) in [6, 6.07) is 4.66. The molecule has 0 atom stereocenters. The fraction of sp³-hybridized carbons (Fsp3) is 0.500. The van der Waals surface area contributed by atoms with Crippen LogP contribution in [0.5, 0.6) is 0 Å². The van der Waals surface area contributed by atoms with Gasteiger partial charge in [0.25, 0.3) is 0 Å². The van der Waals surface area contributed by atoms with E-state index in [2.05, 4.69) is 46.6 Å². The lowest BCUT2D eigenvalue weighted by Crippen LogP contribution is -2.15. The molecule has 0 aromatic heterocycles. The van der Waals surface area contributed by atoms with Crippen LogP contribution < -0.4 is 10.6 Å². The first-order valence-electron chi connectivity index (χ1n) is 7.63. The third kappa shape index (κ3) is 3.98. The van der Waals surface area contributed by atoms with Gasteiger partial charge in [0.1, 0.15) is 0 Å². The fourth-order valence-electron chi connectivity index (χ4n) is 2.48. The molecular weight excluding hydrogens is 312 g/mol. The highest BCUT2D eigenvalue weighted by Crippen LogP contribution is 2.24. The lowest BCUT2D eigenvalue weighted by molar-refractivity contribution is 0.963. The smallest absolute Gasteiger partial charge is 0.157 e. The normalized spacial score (nSPS) is 17.0. The van der Waals surface area contributed by atoms with Gasteiger partial charge in [0.05, 0.1) is 13.1 Å². The molecule has 118 valence electrons. The quantitative estimate of drug-likeness (QED) is 0.889. The van der Waals surface area contributed by atoms with Gasteiger partial charge in [0, 0.05) is 24.6 Å². The number of thioether (sulfide) groups is 2. The van der Waals surface area contributed by atoms with E-state index in [4.69, 9.17) is 0 Å². The number of rotatable bonds is 4. The molecule has 0 spiro atoms. The third-order valence-electron chi connectivity index (χ3n) is 3.81. The Morgan fingerprint density at radius 1 is 0.864 bits per heavy atom. The van der Waals surface area contributed by atoms with E-state index in [0.29, 0.717) is 0 Å². The highest BCUT2D eigenvalue weighted by molar-refractivity contribution is 8.13. The van der Waals surface area contributed by atoms with Crippen molar-refractivity contribution < 1.29 is 0 Å². The second-order valence-electron chi connectivity index (χ2n) is 5.51. The fourth-order valence-corrected chi connectivity index (χ4v) is 4.46. The minimum atomic E-state index is 0.911. The molecule has 1 aromatic carbocycles. The molecule has 6 heteroatoms. The molecule has 0 saturated carbocycles. The Hall–Kier alpha value is -1.14. The predicted octanol–water partition coefficient (Wildman–Crippen LogP) is 2.69. The number of hydrogen-bond donors (Lipinski definition) is 2. The zero-order valence-electron chi connectivity index (χ0n) is 13.1. The van der Waals surface area contributed by atoms with Gasteiger partial charge in [-0.3, -0.25) is 9.98 Å². The number of nitrogens with one attached hydrogen (secondary N) is 2. The summed E-state index contributed by atoms with van der Waals surface area (Å²) in [6.45, 7) is 8.20. The zero-order chi connectivity index (χ0) is 15.4. The van der Waals surface area contributed by atoms with Crippen LogP contribution in [0.15, 0.2) is 22.1 Å². The number of aliphatic imine (C=N–C) groups is 2. The first-order chi connectivity index (χ1) is 10.7. The van der Waals surface area contributed by atoms with E-state index >= 15 is 0 Å². The lowest BCUT2D eigenvalue weighted by atomic mass is 10.0. The van der Waals surface area contributed by atoms with E-state index in [1.54, 1.807) is 23.5 Å². The molecule has 4 nitrogen and oxygen atoms in total. The van der Waals surface area contributed by atoms with Crippen LogP contribution >= 0.6 is 23.5 Å². The monoisotopic (exact) mass is 334 g/mol. The Kier molecular flexibility index (Phi) is 5.31. The predicted molar refractivity (Wildman–Crippen MR) is 99.1 cm³/mol. The van der Waals surface area contributed by atoms with Gasteiger partial charge in [0.2, 0.25) is 0 Å². The van der Waals surface area contributed by atoms with Gasteiger partial charge >= 0.3 is 0 Å². The number of aryl methyl sites for hydroxylation is 2. The molecule has 0 fully saturated rings. The van der Waals surface area contributed by atoms with Crippen molar-refractivity contribution in [2.45, 2.75) is 25.4 Å². The SMILES string of the molecule is Cc1cc(CSC2=NCCN2)c(C)cc1CSC1=NCCN1. The summed E-state index contributed by atoms with van der Waals surface area (Å²) in [6.07, 6.45) is 0. The van der Waals surface area contributed by atoms with E-state index in [-0.39, 0.29) is 0 Å². The molecule has 2 N–H and O–H groups in total. The highest BCUT2D eigenvalue weighted by atomic mass is 32.2. The summed E-state index contributed by atoms with van der Waals surface area (Å²) in [5.74, 6) is 1.97. The molecule has 0 bridgehead atoms. The molecule has 22 heavy (non-hydrogen) atoms. The van der Waals surface area contributed by atoms with Crippen LogP contribution in [0.4, 0.5) is 0 Å². The van der Waals surface area contributed by atoms with Crippen LogP contribution in [0, 0.1) is 13.8 Å². The van der Waals surface area contributed by atoms with Gasteiger partial charge in [-0.2, -0.15) is 0 Å². The van der Waals surface area contributed by atoms with Gasteiger partial charge < -0.3 is 10.6 Å². The summed E-state index contributed by atoms with van der Waals surface area (Å²) < 4.78 is 0. The Bertz CT molecular complexity index is 557. The number of benzene rings is 1. The molecule has 0 aliphatic carbocycles. The van der Waals surface area contributed by atoms with E-state index < -0.39 is 0 Å². The van der Waals surface area contributed by atoms with E-state index in [9.17, 15) is 0 Å². The van der Waals surface area contributed by atoms with Crippen LogP contribution in [-0.4, -0.2) is 36.5 Å². The van der Waals surface area contributed by atoms with Crippen molar-refractivity contribution in [2.75, 3.05) is 26.2 Å². The maximum atomic E-state index is 4.44. The van der Waals surface area contributed by atoms with Crippen LogP contribution in [0.2, 0.25) is 0 Å². The number of amidine groups is 2. The Morgan fingerprint density at radius 2 is 1.32 bits per heavy atom. The van der Waals surface area contributed by atoms with E-state index in [0.717, 1.165) is 48.0 Å². The van der Waals surface area contributed by atoms with Crippen LogP contribution in [0.25, 0.3) is 0 Å². The van der Waals surface area contributed by atoms with Crippen molar-refractivity contribution in [3.8, 4) is 0 Å². The summed E-state index contributed by atoms with van der Waals surface area (Å²) in [5, 5.41) is 8.80. The molecule has 1 aromatic rings. The number of nitrogens with zero attached hydrogens (tertiary/aromatic N) is 2. The van der Waals surface area contributed by atoms with Gasteiger partial charge in [0.15, 0.2) is 10.3 Å². The molecule has 0 saturated heterocycles. The van der Waals surface area contributed by atoms with Crippen molar-refractivity contribution >= 4 is 33.9 Å². The summed E-state index contributed by atoms with van der Waals surface area (Å²) >= 11 is 3.61. The van der Waals surface area contributed by atoms with E-state index in [1.807, 2.05) is 0 Å². The minimum Gasteiger partial charge on any atom is -0.363 e. The van der Waals surface area contributed by atoms with Crippen molar-refractivity contribution in [2.24, 2.45) is 9.98 Å². The van der Waals surface area contributed by atoms with Gasteiger partial charge in [-0.25, -0.2) is 0 Å². The molecule has 0 unspecified atom stereocenters. The zero-order valence-corrected chi connectivity index (χ0v) is 14.7. The van der Waals surface area contributed by atoms with Gasteiger partial charge in [-0.1, -0.05) is 35.7 Å². The first kappa shape index (κ1) is 15.7. The molecular formula is C16H22N4S2. The highest BCUT2D eigenvalue weighted by Gasteiger charge is 2.11. The average Bonchev–Trinajstić information content (AvgIpc) is 3.19. The Labute approximate surface area is 140 Å². The largest absolute Gasteiger partial charge is 0.363 e. The van der Waals surface area contributed by atoms with Crippen molar-refractivity contribution in [1.82, 2.24) is 10.6 Å². The van der Waals surface area contributed by atoms with Crippen LogP contribution in [-0.2, 0) is 11.5 Å². The van der Waals surface area contributed by atoms with Gasteiger partial charge in [-0.15, -0.1) is 0 Å². The first-order valence-corrected chi connectivity index (χ1v) is 9.61. The summed E-state index contributed by atoms with van der Waals surface area (Å²) in [4.78, 5) is 8.88. The molecule has 2 heterocycles. The van der Waals surface area contributed by atoms with E-state index in [1.165, 1.54) is 22.3 Å². The third-order valence-corrected chi connectivity index (χ3v) is 5.81. The summed E-state index contributed by atoms with van der Waals surface area (Å²) in [5.41, 5.74) is 5.55. The molecule has 0 amide bonds. The van der Waals surface area contributed by atoms with Crippen LogP contribution in [0.1, 0.15) is 22.3 Å². The lowest BCUT2D eigenvalue weighted by Gasteiger charge is -2.12. The molecule has 0 radical (unpaired) electrons.